The highest BCUT2D eigenvalue weighted by atomic mass is 16.5. The van der Waals surface area contributed by atoms with Crippen LogP contribution < -0.4 is 0 Å². The molecule has 0 spiro atoms. The predicted octanol–water partition coefficient (Wildman–Crippen LogP) is 1.20. The lowest BCUT2D eigenvalue weighted by Crippen LogP contribution is -2.30. The summed E-state index contributed by atoms with van der Waals surface area (Å²) in [6.07, 6.45) is -0.564. The summed E-state index contributed by atoms with van der Waals surface area (Å²) in [4.78, 5) is 14.1. The number of carbonyl (C=O) groups excluding carboxylic acids is 1. The summed E-state index contributed by atoms with van der Waals surface area (Å²) in [5.41, 5.74) is 10.1. The molecule has 1 N–H and O–H groups in total. The molecule has 0 saturated heterocycles. The van der Waals surface area contributed by atoms with Crippen molar-refractivity contribution in [3.05, 3.63) is 40.9 Å². The van der Waals surface area contributed by atoms with Crippen molar-refractivity contribution in [2.45, 2.75) is 26.4 Å². The Balaban J connectivity index is 2.83. The Labute approximate surface area is 117 Å². The molecule has 0 bridgehead atoms. The molecule has 1 unspecified atom stereocenters. The minimum absolute atomic E-state index is 0.122. The van der Waals surface area contributed by atoms with Gasteiger partial charge in [-0.25, -0.2) is 4.79 Å². The molecule has 0 saturated carbocycles. The minimum Gasteiger partial charge on any atom is -0.457 e. The van der Waals surface area contributed by atoms with Gasteiger partial charge in [0.05, 0.1) is 6.61 Å². The number of hydrogen-bond acceptors (Lipinski definition) is 3. The standard InChI is InChI=1S/C15H16N2O3/c1-3-11-5-7-12(8-6-11)9-10-13(18)14(17-16)15(19)20-4-2/h5-8,13,18H,3-4H2,1-2H3. The average molecular weight is 272 g/mol. The molecule has 1 atom stereocenters. The highest BCUT2D eigenvalue weighted by molar-refractivity contribution is 6.36. The molecule has 0 aromatic heterocycles. The third-order valence-corrected chi connectivity index (χ3v) is 2.57. The summed E-state index contributed by atoms with van der Waals surface area (Å²) in [7, 11) is 0. The quantitative estimate of drug-likeness (QED) is 0.294. The SMILES string of the molecule is CCOC(=O)C(=[N+]=[N-])C(O)C#Cc1ccc(CC)cc1. The van der Waals surface area contributed by atoms with Crippen molar-refractivity contribution >= 4 is 11.7 Å². The van der Waals surface area contributed by atoms with Crippen LogP contribution >= 0.6 is 0 Å². The molecule has 0 aliphatic rings. The van der Waals surface area contributed by atoms with Crippen molar-refractivity contribution < 1.29 is 19.4 Å². The fourth-order valence-electron chi connectivity index (χ4n) is 1.46. The van der Waals surface area contributed by atoms with E-state index >= 15 is 0 Å². The smallest absolute Gasteiger partial charge is 0.421 e. The van der Waals surface area contributed by atoms with Gasteiger partial charge in [0.1, 0.15) is 0 Å². The van der Waals surface area contributed by atoms with Gasteiger partial charge in [-0.15, -0.1) is 0 Å². The minimum atomic E-state index is -1.50. The average Bonchev–Trinajstić information content (AvgIpc) is 2.46. The van der Waals surface area contributed by atoms with E-state index in [2.05, 4.69) is 21.4 Å². The Bertz CT molecular complexity index is 575. The van der Waals surface area contributed by atoms with Crippen LogP contribution in [0.2, 0.25) is 0 Å². The summed E-state index contributed by atoms with van der Waals surface area (Å²) >= 11 is 0. The third-order valence-electron chi connectivity index (χ3n) is 2.57. The molecule has 0 aliphatic carbocycles. The zero-order valence-corrected chi connectivity index (χ0v) is 11.5. The van der Waals surface area contributed by atoms with Gasteiger partial charge in [0.15, 0.2) is 0 Å². The van der Waals surface area contributed by atoms with Gasteiger partial charge in [0, 0.05) is 5.56 Å². The first-order valence-corrected chi connectivity index (χ1v) is 6.30. The summed E-state index contributed by atoms with van der Waals surface area (Å²) in [6, 6.07) is 7.50. The van der Waals surface area contributed by atoms with Crippen molar-refractivity contribution in [2.75, 3.05) is 6.61 Å². The highest BCUT2D eigenvalue weighted by Crippen LogP contribution is 2.03. The van der Waals surface area contributed by atoms with Gasteiger partial charge < -0.3 is 15.4 Å². The number of esters is 1. The van der Waals surface area contributed by atoms with E-state index in [1.165, 1.54) is 5.56 Å². The van der Waals surface area contributed by atoms with E-state index < -0.39 is 17.8 Å². The molecule has 1 aromatic rings. The van der Waals surface area contributed by atoms with Crippen molar-refractivity contribution in [1.29, 1.82) is 0 Å². The van der Waals surface area contributed by atoms with E-state index in [0.717, 1.165) is 6.42 Å². The van der Waals surface area contributed by atoms with Crippen LogP contribution in [0.4, 0.5) is 0 Å². The highest BCUT2D eigenvalue weighted by Gasteiger charge is 2.29. The van der Waals surface area contributed by atoms with E-state index in [-0.39, 0.29) is 6.61 Å². The van der Waals surface area contributed by atoms with Crippen molar-refractivity contribution in [2.24, 2.45) is 0 Å². The zero-order chi connectivity index (χ0) is 15.0. The molecule has 0 radical (unpaired) electrons. The van der Waals surface area contributed by atoms with Gasteiger partial charge in [-0.3, -0.25) is 0 Å². The molecule has 5 nitrogen and oxygen atoms in total. The Morgan fingerprint density at radius 2 is 2.05 bits per heavy atom. The van der Waals surface area contributed by atoms with Crippen LogP contribution in [-0.4, -0.2) is 34.3 Å². The molecular formula is C15H16N2O3. The van der Waals surface area contributed by atoms with E-state index in [9.17, 15) is 9.90 Å². The number of ether oxygens (including phenoxy) is 1. The Hall–Kier alpha value is -2.41. The molecule has 0 fully saturated rings. The number of rotatable bonds is 4. The zero-order valence-electron chi connectivity index (χ0n) is 11.5. The monoisotopic (exact) mass is 272 g/mol. The lowest BCUT2D eigenvalue weighted by Gasteiger charge is -1.99. The number of benzene rings is 1. The van der Waals surface area contributed by atoms with Crippen molar-refractivity contribution in [1.82, 2.24) is 0 Å². The molecular weight excluding hydrogens is 256 g/mol. The van der Waals surface area contributed by atoms with Crippen LogP contribution in [0, 0.1) is 11.8 Å². The molecule has 0 amide bonds. The van der Waals surface area contributed by atoms with Gasteiger partial charge in [0.25, 0.3) is 0 Å². The molecule has 1 rings (SSSR count). The maximum absolute atomic E-state index is 11.4. The van der Waals surface area contributed by atoms with Crippen LogP contribution in [-0.2, 0) is 16.0 Å². The Morgan fingerprint density at radius 3 is 2.55 bits per heavy atom. The Morgan fingerprint density at radius 1 is 1.40 bits per heavy atom. The van der Waals surface area contributed by atoms with Gasteiger partial charge in [-0.1, -0.05) is 30.9 Å². The molecule has 0 aliphatic heterocycles. The third kappa shape index (κ3) is 4.36. The maximum Gasteiger partial charge on any atom is 0.421 e. The van der Waals surface area contributed by atoms with Crippen LogP contribution in [0.3, 0.4) is 0 Å². The van der Waals surface area contributed by atoms with Gasteiger partial charge in [-0.2, -0.15) is 4.79 Å². The molecule has 104 valence electrons. The van der Waals surface area contributed by atoms with Gasteiger partial charge in [-0.05, 0) is 31.0 Å². The first kappa shape index (κ1) is 15.6. The summed E-state index contributed by atoms with van der Waals surface area (Å²) in [5.74, 6) is 4.26. The van der Waals surface area contributed by atoms with Crippen LogP contribution in [0.1, 0.15) is 25.0 Å². The number of nitrogens with zero attached hydrogens (tertiary/aromatic N) is 2. The molecule has 5 heteroatoms. The second-order valence-electron chi connectivity index (χ2n) is 3.93. The molecule has 1 aromatic carbocycles. The number of aliphatic hydroxyl groups is 1. The second kappa shape index (κ2) is 7.90. The number of aliphatic hydroxyl groups excluding tert-OH is 1. The first-order valence-electron chi connectivity index (χ1n) is 6.30. The van der Waals surface area contributed by atoms with Crippen LogP contribution in [0.5, 0.6) is 0 Å². The first-order chi connectivity index (χ1) is 9.62. The number of hydrogen-bond donors (Lipinski definition) is 1. The lowest BCUT2D eigenvalue weighted by atomic mass is 10.1. The van der Waals surface area contributed by atoms with Gasteiger partial charge in [0.2, 0.25) is 6.10 Å². The summed E-state index contributed by atoms with van der Waals surface area (Å²) in [6.45, 7) is 3.78. The predicted molar refractivity (Wildman–Crippen MR) is 74.0 cm³/mol. The largest absolute Gasteiger partial charge is 0.457 e. The van der Waals surface area contributed by atoms with Crippen LogP contribution in [0.25, 0.3) is 5.53 Å². The Kier molecular flexibility index (Phi) is 6.18. The van der Waals surface area contributed by atoms with E-state index in [4.69, 9.17) is 5.53 Å². The molecule has 0 heterocycles. The fourth-order valence-corrected chi connectivity index (χ4v) is 1.46. The van der Waals surface area contributed by atoms with E-state index in [0.29, 0.717) is 5.56 Å². The van der Waals surface area contributed by atoms with Crippen LogP contribution in [0.15, 0.2) is 24.3 Å². The van der Waals surface area contributed by atoms with Crippen molar-refractivity contribution in [3.8, 4) is 11.8 Å². The van der Waals surface area contributed by atoms with E-state index in [1.807, 2.05) is 31.2 Å². The van der Waals surface area contributed by atoms with Crippen molar-refractivity contribution in [3.63, 3.8) is 0 Å². The fraction of sp³-hybridized carbons (Fsp3) is 0.333. The molecule has 20 heavy (non-hydrogen) atoms. The second-order valence-corrected chi connectivity index (χ2v) is 3.93. The lowest BCUT2D eigenvalue weighted by molar-refractivity contribution is -0.140. The summed E-state index contributed by atoms with van der Waals surface area (Å²) < 4.78 is 4.64. The summed E-state index contributed by atoms with van der Waals surface area (Å²) in [5, 5.41) is 9.70. The maximum atomic E-state index is 11.4. The van der Waals surface area contributed by atoms with Gasteiger partial charge >= 0.3 is 11.7 Å². The number of carbonyl (C=O) groups is 1. The van der Waals surface area contributed by atoms with E-state index in [1.54, 1.807) is 6.92 Å². The normalized spacial score (nSPS) is 10.8. The topological polar surface area (TPSA) is 82.9 Å². The number of aryl methyl sites for hydroxylation is 1.